The third-order valence-electron chi connectivity index (χ3n) is 1.92. The van der Waals surface area contributed by atoms with E-state index in [2.05, 4.69) is 9.03 Å². The topological polar surface area (TPSA) is 41.6 Å². The maximum atomic E-state index is 11.1. The van der Waals surface area contributed by atoms with Crippen LogP contribution in [0.25, 0.3) is 0 Å². The molecule has 1 heterocycles. The first-order chi connectivity index (χ1) is 6.68. The fourth-order valence-corrected chi connectivity index (χ4v) is 1.99. The fourth-order valence-electron chi connectivity index (χ4n) is 1.30. The Morgan fingerprint density at radius 1 is 1.36 bits per heavy atom. The van der Waals surface area contributed by atoms with Crippen molar-refractivity contribution in [1.82, 2.24) is 9.03 Å². The van der Waals surface area contributed by atoms with Crippen molar-refractivity contribution in [3.8, 4) is 0 Å². The summed E-state index contributed by atoms with van der Waals surface area (Å²) in [5.74, 6) is 0. The highest BCUT2D eigenvalue weighted by Gasteiger charge is 2.12. The lowest BCUT2D eigenvalue weighted by molar-refractivity contribution is 0.122. The summed E-state index contributed by atoms with van der Waals surface area (Å²) in [6, 6.07) is 0. The van der Waals surface area contributed by atoms with E-state index < -0.39 is 0 Å². The van der Waals surface area contributed by atoms with Gasteiger partial charge in [0.05, 0.1) is 6.10 Å². The van der Waals surface area contributed by atoms with Crippen molar-refractivity contribution in [2.75, 3.05) is 13.1 Å². The summed E-state index contributed by atoms with van der Waals surface area (Å²) in [7, 11) is 0. The van der Waals surface area contributed by atoms with Crippen LogP contribution in [-0.2, 0) is 4.74 Å². The second-order valence-corrected chi connectivity index (χ2v) is 4.54. The van der Waals surface area contributed by atoms with Crippen LogP contribution in [0.15, 0.2) is 0 Å². The summed E-state index contributed by atoms with van der Waals surface area (Å²) >= 11 is 1.36. The van der Waals surface area contributed by atoms with Gasteiger partial charge in [-0.3, -0.25) is 4.72 Å². The molecule has 14 heavy (non-hydrogen) atoms. The number of ether oxygens (including phenoxy) is 1. The van der Waals surface area contributed by atoms with Crippen LogP contribution in [0.5, 0.6) is 0 Å². The Morgan fingerprint density at radius 2 is 2.00 bits per heavy atom. The molecule has 0 aromatic rings. The second-order valence-electron chi connectivity index (χ2n) is 3.64. The second kappa shape index (κ2) is 6.14. The Morgan fingerprint density at radius 3 is 2.57 bits per heavy atom. The molecule has 0 aromatic carbocycles. The molecule has 4 nitrogen and oxygen atoms in total. The summed E-state index contributed by atoms with van der Waals surface area (Å²) in [5.41, 5.74) is 0. The lowest BCUT2D eigenvalue weighted by Gasteiger charge is -2.24. The van der Waals surface area contributed by atoms with Crippen LogP contribution >= 0.6 is 12.1 Å². The van der Waals surface area contributed by atoms with Gasteiger partial charge in [0, 0.05) is 25.2 Å². The Bertz CT molecular complexity index is 182. The van der Waals surface area contributed by atoms with Gasteiger partial charge in [-0.05, 0) is 26.7 Å². The largest absolute Gasteiger partial charge is 0.446 e. The van der Waals surface area contributed by atoms with Gasteiger partial charge in [-0.1, -0.05) is 6.42 Å². The van der Waals surface area contributed by atoms with Gasteiger partial charge < -0.3 is 4.74 Å². The standard InChI is InChI=1S/C9H18N2O2S/c1-8(2)13-9(12)10-14-11-6-4-3-5-7-11/h8H,3-7H2,1-2H3,(H,10,12). The minimum absolute atomic E-state index is 0.0584. The zero-order valence-corrected chi connectivity index (χ0v) is 9.60. The van der Waals surface area contributed by atoms with E-state index in [1.165, 1.54) is 31.4 Å². The van der Waals surface area contributed by atoms with Crippen molar-refractivity contribution < 1.29 is 9.53 Å². The van der Waals surface area contributed by atoms with Crippen LogP contribution in [0.4, 0.5) is 4.79 Å². The predicted octanol–water partition coefficient (Wildman–Crippen LogP) is 2.17. The number of amides is 1. The summed E-state index contributed by atoms with van der Waals surface area (Å²) in [4.78, 5) is 11.1. The first-order valence-electron chi connectivity index (χ1n) is 5.07. The van der Waals surface area contributed by atoms with E-state index in [-0.39, 0.29) is 12.2 Å². The van der Waals surface area contributed by atoms with Crippen LogP contribution < -0.4 is 4.72 Å². The van der Waals surface area contributed by atoms with Crippen molar-refractivity contribution in [3.63, 3.8) is 0 Å². The monoisotopic (exact) mass is 218 g/mol. The molecule has 0 bridgehead atoms. The van der Waals surface area contributed by atoms with E-state index >= 15 is 0 Å². The molecule has 1 aliphatic rings. The molecule has 5 heteroatoms. The van der Waals surface area contributed by atoms with Gasteiger partial charge in [0.1, 0.15) is 0 Å². The average Bonchev–Trinajstić information content (AvgIpc) is 2.15. The van der Waals surface area contributed by atoms with E-state index in [9.17, 15) is 4.79 Å². The Hall–Kier alpha value is -0.420. The number of nitrogens with one attached hydrogen (secondary N) is 1. The molecule has 1 rings (SSSR count). The lowest BCUT2D eigenvalue weighted by atomic mass is 10.2. The van der Waals surface area contributed by atoms with Crippen LogP contribution in [0, 0.1) is 0 Å². The van der Waals surface area contributed by atoms with Crippen molar-refractivity contribution in [2.24, 2.45) is 0 Å². The molecular formula is C9H18N2O2S. The van der Waals surface area contributed by atoms with E-state index in [0.717, 1.165) is 13.1 Å². The van der Waals surface area contributed by atoms with Crippen molar-refractivity contribution >= 4 is 18.2 Å². The van der Waals surface area contributed by atoms with E-state index in [1.807, 2.05) is 13.8 Å². The molecule has 0 atom stereocenters. The number of nitrogens with zero attached hydrogens (tertiary/aromatic N) is 1. The summed E-state index contributed by atoms with van der Waals surface area (Å²) in [6.07, 6.45) is 3.32. The minimum atomic E-state index is -0.351. The quantitative estimate of drug-likeness (QED) is 0.737. The van der Waals surface area contributed by atoms with Crippen molar-refractivity contribution in [2.45, 2.75) is 39.2 Å². The lowest BCUT2D eigenvalue weighted by Crippen LogP contribution is -2.30. The van der Waals surface area contributed by atoms with Gasteiger partial charge in [-0.25, -0.2) is 9.10 Å². The highest BCUT2D eigenvalue weighted by atomic mass is 32.2. The molecule has 0 spiro atoms. The van der Waals surface area contributed by atoms with E-state index in [4.69, 9.17) is 4.74 Å². The van der Waals surface area contributed by atoms with E-state index in [1.54, 1.807) is 0 Å². The van der Waals surface area contributed by atoms with Crippen LogP contribution in [-0.4, -0.2) is 29.6 Å². The molecule has 82 valence electrons. The maximum absolute atomic E-state index is 11.1. The Balaban J connectivity index is 2.09. The third kappa shape index (κ3) is 4.72. The predicted molar refractivity (Wildman–Crippen MR) is 57.8 cm³/mol. The zero-order chi connectivity index (χ0) is 10.4. The van der Waals surface area contributed by atoms with Gasteiger partial charge in [-0.2, -0.15) is 0 Å². The number of hydrogen-bond acceptors (Lipinski definition) is 4. The smallest absolute Gasteiger partial charge is 0.418 e. The first-order valence-corrected chi connectivity index (χ1v) is 5.84. The number of carbonyl (C=O) groups excluding carboxylic acids is 1. The zero-order valence-electron chi connectivity index (χ0n) is 8.78. The first kappa shape index (κ1) is 11.7. The van der Waals surface area contributed by atoms with Gasteiger partial charge in [0.25, 0.3) is 0 Å². The molecule has 1 fully saturated rings. The molecule has 0 aliphatic carbocycles. The van der Waals surface area contributed by atoms with Crippen LogP contribution in [0.1, 0.15) is 33.1 Å². The summed E-state index contributed by atoms with van der Waals surface area (Å²) in [5, 5.41) is 0. The fraction of sp³-hybridized carbons (Fsp3) is 0.889. The summed E-state index contributed by atoms with van der Waals surface area (Å²) in [6.45, 7) is 5.77. The van der Waals surface area contributed by atoms with Gasteiger partial charge in [0.2, 0.25) is 0 Å². The molecule has 0 radical (unpaired) electrons. The molecule has 1 saturated heterocycles. The molecule has 1 amide bonds. The van der Waals surface area contributed by atoms with Gasteiger partial charge >= 0.3 is 6.09 Å². The SMILES string of the molecule is CC(C)OC(=O)NSN1CCCCC1. The third-order valence-corrected chi connectivity index (χ3v) is 2.80. The van der Waals surface area contributed by atoms with Crippen LogP contribution in [0.3, 0.4) is 0 Å². The van der Waals surface area contributed by atoms with Crippen molar-refractivity contribution in [3.05, 3.63) is 0 Å². The van der Waals surface area contributed by atoms with Gasteiger partial charge in [0.15, 0.2) is 0 Å². The Kier molecular flexibility index (Phi) is 5.11. The number of piperidine rings is 1. The molecule has 0 aromatic heterocycles. The number of rotatable bonds is 3. The van der Waals surface area contributed by atoms with E-state index in [0.29, 0.717) is 0 Å². The summed E-state index contributed by atoms with van der Waals surface area (Å²) < 4.78 is 9.77. The molecule has 0 saturated carbocycles. The molecule has 1 N–H and O–H groups in total. The normalized spacial score (nSPS) is 18.2. The maximum Gasteiger partial charge on any atom is 0.418 e. The highest BCUT2D eigenvalue weighted by Crippen LogP contribution is 2.15. The van der Waals surface area contributed by atoms with Crippen LogP contribution in [0.2, 0.25) is 0 Å². The number of hydrogen-bond donors (Lipinski definition) is 1. The average molecular weight is 218 g/mol. The van der Waals surface area contributed by atoms with Crippen molar-refractivity contribution in [1.29, 1.82) is 0 Å². The Labute approximate surface area is 89.6 Å². The number of carbonyl (C=O) groups is 1. The minimum Gasteiger partial charge on any atom is -0.446 e. The molecule has 0 unspecified atom stereocenters. The highest BCUT2D eigenvalue weighted by molar-refractivity contribution is 7.95. The molecule has 1 aliphatic heterocycles. The molecular weight excluding hydrogens is 200 g/mol. The van der Waals surface area contributed by atoms with Gasteiger partial charge in [-0.15, -0.1) is 0 Å².